The van der Waals surface area contributed by atoms with E-state index in [4.69, 9.17) is 5.73 Å². The number of amides is 1. The fourth-order valence-corrected chi connectivity index (χ4v) is 0.945. The van der Waals surface area contributed by atoms with E-state index < -0.39 is 0 Å². The van der Waals surface area contributed by atoms with Crippen LogP contribution in [-0.2, 0) is 4.79 Å². The van der Waals surface area contributed by atoms with Crippen molar-refractivity contribution in [3.05, 3.63) is 12.7 Å². The Hall–Kier alpha value is -0.830. The molecule has 76 valence electrons. The van der Waals surface area contributed by atoms with E-state index in [-0.39, 0.29) is 18.0 Å². The van der Waals surface area contributed by atoms with E-state index in [0.717, 1.165) is 19.3 Å². The molecule has 0 saturated carbocycles. The Morgan fingerprint density at radius 3 is 2.77 bits per heavy atom. The molecule has 13 heavy (non-hydrogen) atoms. The van der Waals surface area contributed by atoms with Crippen LogP contribution < -0.4 is 11.1 Å². The highest BCUT2D eigenvalue weighted by atomic mass is 16.2. The number of nitrogens with one attached hydrogen (secondary N) is 1. The van der Waals surface area contributed by atoms with E-state index in [0.29, 0.717) is 0 Å². The van der Waals surface area contributed by atoms with Crippen molar-refractivity contribution < 1.29 is 4.79 Å². The van der Waals surface area contributed by atoms with Crippen LogP contribution in [0.5, 0.6) is 0 Å². The highest BCUT2D eigenvalue weighted by molar-refractivity contribution is 5.81. The monoisotopic (exact) mass is 184 g/mol. The maximum absolute atomic E-state index is 11.3. The lowest BCUT2D eigenvalue weighted by atomic mass is 10.1. The lowest BCUT2D eigenvalue weighted by Crippen LogP contribution is -2.43. The molecule has 1 unspecified atom stereocenters. The summed E-state index contributed by atoms with van der Waals surface area (Å²) in [6.07, 6.45) is 4.51. The minimum atomic E-state index is -0.373. The van der Waals surface area contributed by atoms with Crippen LogP contribution in [0.25, 0.3) is 0 Å². The van der Waals surface area contributed by atoms with Crippen LogP contribution in [0.15, 0.2) is 12.7 Å². The first kappa shape index (κ1) is 12.2. The molecule has 0 aromatic heterocycles. The maximum Gasteiger partial charge on any atom is 0.237 e. The highest BCUT2D eigenvalue weighted by Gasteiger charge is 2.13. The number of hydrogen-bond acceptors (Lipinski definition) is 2. The summed E-state index contributed by atoms with van der Waals surface area (Å²) in [6.45, 7) is 7.53. The van der Waals surface area contributed by atoms with Gasteiger partial charge < -0.3 is 11.1 Å². The molecule has 0 fully saturated rings. The summed E-state index contributed by atoms with van der Waals surface area (Å²) in [5, 5.41) is 2.76. The molecule has 0 aromatic rings. The third-order valence-corrected chi connectivity index (χ3v) is 1.93. The van der Waals surface area contributed by atoms with Gasteiger partial charge in [-0.3, -0.25) is 4.79 Å². The summed E-state index contributed by atoms with van der Waals surface area (Å²) in [5.41, 5.74) is 5.66. The second kappa shape index (κ2) is 6.66. The number of hydrogen-bond donors (Lipinski definition) is 2. The second-order valence-corrected chi connectivity index (χ2v) is 3.28. The Morgan fingerprint density at radius 2 is 2.31 bits per heavy atom. The zero-order valence-corrected chi connectivity index (χ0v) is 8.55. The van der Waals surface area contributed by atoms with Crippen molar-refractivity contribution in [2.75, 3.05) is 0 Å². The first-order valence-electron chi connectivity index (χ1n) is 4.80. The van der Waals surface area contributed by atoms with Crippen LogP contribution in [0.3, 0.4) is 0 Å². The van der Waals surface area contributed by atoms with Crippen LogP contribution in [0.4, 0.5) is 0 Å². The fraction of sp³-hybridized carbons (Fsp3) is 0.700. The molecule has 3 N–H and O–H groups in total. The Bertz CT molecular complexity index is 168. The van der Waals surface area contributed by atoms with Crippen molar-refractivity contribution in [2.45, 2.75) is 45.2 Å². The Morgan fingerprint density at radius 1 is 1.69 bits per heavy atom. The molecule has 3 nitrogen and oxygen atoms in total. The molecular formula is C10H20N2O. The molecule has 0 saturated heterocycles. The van der Waals surface area contributed by atoms with Crippen molar-refractivity contribution >= 4 is 5.91 Å². The van der Waals surface area contributed by atoms with Gasteiger partial charge in [-0.2, -0.15) is 0 Å². The number of rotatable bonds is 6. The molecule has 0 aliphatic carbocycles. The van der Waals surface area contributed by atoms with Gasteiger partial charge in [0.1, 0.15) is 0 Å². The maximum atomic E-state index is 11.3. The minimum Gasteiger partial charge on any atom is -0.349 e. The Balaban J connectivity index is 3.75. The van der Waals surface area contributed by atoms with Gasteiger partial charge in [0.05, 0.1) is 6.04 Å². The van der Waals surface area contributed by atoms with Gasteiger partial charge in [0.15, 0.2) is 0 Å². The molecular weight excluding hydrogens is 164 g/mol. The summed E-state index contributed by atoms with van der Waals surface area (Å²) in [6, 6.07) is -0.373. The molecule has 0 aliphatic rings. The van der Waals surface area contributed by atoms with Gasteiger partial charge in [-0.05, 0) is 13.3 Å². The smallest absolute Gasteiger partial charge is 0.237 e. The average Bonchev–Trinajstić information content (AvgIpc) is 2.13. The molecule has 0 heterocycles. The van der Waals surface area contributed by atoms with E-state index >= 15 is 0 Å². The van der Waals surface area contributed by atoms with Crippen molar-refractivity contribution in [3.8, 4) is 0 Å². The van der Waals surface area contributed by atoms with E-state index in [9.17, 15) is 4.79 Å². The van der Waals surface area contributed by atoms with E-state index in [2.05, 4.69) is 18.8 Å². The van der Waals surface area contributed by atoms with E-state index in [1.54, 1.807) is 6.08 Å². The highest BCUT2D eigenvalue weighted by Crippen LogP contribution is 1.98. The normalized spacial score (nSPS) is 14.7. The van der Waals surface area contributed by atoms with Gasteiger partial charge in [-0.15, -0.1) is 6.58 Å². The predicted octanol–water partition coefficient (Wildman–Crippen LogP) is 1.19. The summed E-state index contributed by atoms with van der Waals surface area (Å²) < 4.78 is 0. The van der Waals surface area contributed by atoms with Crippen molar-refractivity contribution in [2.24, 2.45) is 5.73 Å². The SMILES string of the molecule is C=CC(C)NC(=O)[C@@H](N)CCCC. The van der Waals surface area contributed by atoms with E-state index in [1.807, 2.05) is 6.92 Å². The third kappa shape index (κ3) is 5.42. The van der Waals surface area contributed by atoms with Crippen molar-refractivity contribution in [1.29, 1.82) is 0 Å². The lowest BCUT2D eigenvalue weighted by molar-refractivity contribution is -0.122. The summed E-state index contributed by atoms with van der Waals surface area (Å²) in [4.78, 5) is 11.3. The van der Waals surface area contributed by atoms with Gasteiger partial charge in [-0.1, -0.05) is 25.8 Å². The third-order valence-electron chi connectivity index (χ3n) is 1.93. The minimum absolute atomic E-state index is 0.000163. The van der Waals surface area contributed by atoms with Gasteiger partial charge in [0.2, 0.25) is 5.91 Å². The van der Waals surface area contributed by atoms with Gasteiger partial charge in [0, 0.05) is 6.04 Å². The van der Waals surface area contributed by atoms with Crippen LogP contribution in [-0.4, -0.2) is 18.0 Å². The quantitative estimate of drug-likeness (QED) is 0.609. The standard InChI is InChI=1S/C10H20N2O/c1-4-6-7-9(11)10(13)12-8(3)5-2/h5,8-9H,2,4,6-7,11H2,1,3H3,(H,12,13)/t8?,9-/m0/s1. The Labute approximate surface area is 80.4 Å². The first-order valence-corrected chi connectivity index (χ1v) is 4.80. The summed E-state index contributed by atoms with van der Waals surface area (Å²) in [5.74, 6) is -0.0825. The largest absolute Gasteiger partial charge is 0.349 e. The van der Waals surface area contributed by atoms with Crippen molar-refractivity contribution in [3.63, 3.8) is 0 Å². The van der Waals surface area contributed by atoms with Gasteiger partial charge in [0.25, 0.3) is 0 Å². The number of unbranched alkanes of at least 4 members (excludes halogenated alkanes) is 1. The van der Waals surface area contributed by atoms with Gasteiger partial charge >= 0.3 is 0 Å². The zero-order chi connectivity index (χ0) is 10.3. The molecule has 1 amide bonds. The van der Waals surface area contributed by atoms with E-state index in [1.165, 1.54) is 0 Å². The van der Waals surface area contributed by atoms with Crippen LogP contribution >= 0.6 is 0 Å². The molecule has 0 radical (unpaired) electrons. The fourth-order valence-electron chi connectivity index (χ4n) is 0.945. The van der Waals surface area contributed by atoms with Crippen LogP contribution in [0.1, 0.15) is 33.1 Å². The molecule has 0 aromatic carbocycles. The molecule has 2 atom stereocenters. The average molecular weight is 184 g/mol. The second-order valence-electron chi connectivity index (χ2n) is 3.28. The number of nitrogens with two attached hydrogens (primary N) is 1. The molecule has 3 heteroatoms. The molecule has 0 aliphatic heterocycles. The van der Waals surface area contributed by atoms with Crippen LogP contribution in [0, 0.1) is 0 Å². The topological polar surface area (TPSA) is 55.1 Å². The molecule has 0 rings (SSSR count). The van der Waals surface area contributed by atoms with Crippen LogP contribution in [0.2, 0.25) is 0 Å². The zero-order valence-electron chi connectivity index (χ0n) is 8.55. The number of carbonyl (C=O) groups is 1. The van der Waals surface area contributed by atoms with Crippen molar-refractivity contribution in [1.82, 2.24) is 5.32 Å². The van der Waals surface area contributed by atoms with Gasteiger partial charge in [-0.25, -0.2) is 0 Å². The predicted molar refractivity (Wildman–Crippen MR) is 55.3 cm³/mol. The number of carbonyl (C=O) groups excluding carboxylic acids is 1. The lowest BCUT2D eigenvalue weighted by Gasteiger charge is -2.14. The summed E-state index contributed by atoms with van der Waals surface area (Å²) in [7, 11) is 0. The summed E-state index contributed by atoms with van der Waals surface area (Å²) >= 11 is 0. The molecule has 0 bridgehead atoms. The molecule has 0 spiro atoms. The Kier molecular flexibility index (Phi) is 6.24. The first-order chi connectivity index (χ1) is 6.11.